The lowest BCUT2D eigenvalue weighted by Gasteiger charge is -1.94. The summed E-state index contributed by atoms with van der Waals surface area (Å²) in [6.45, 7) is 0. The minimum atomic E-state index is 0.389. The molecule has 1 aliphatic rings. The summed E-state index contributed by atoms with van der Waals surface area (Å²) < 4.78 is 5.13. The summed E-state index contributed by atoms with van der Waals surface area (Å²) in [7, 11) is 0. The molecule has 1 heterocycles. The van der Waals surface area contributed by atoms with Crippen LogP contribution in [-0.4, -0.2) is 5.78 Å². The Balaban J connectivity index is 1.78. The second kappa shape index (κ2) is 3.13. The molecule has 2 nitrogen and oxygen atoms in total. The highest BCUT2D eigenvalue weighted by Crippen LogP contribution is 2.31. The normalized spacial score (nSPS) is 16.3. The Morgan fingerprint density at radius 3 is 3.00 bits per heavy atom. The molecule has 2 heteroatoms. The lowest BCUT2D eigenvalue weighted by molar-refractivity contribution is -0.120. The first-order chi connectivity index (χ1) is 5.86. The van der Waals surface area contributed by atoms with Gasteiger partial charge in [0.15, 0.2) is 0 Å². The van der Waals surface area contributed by atoms with Gasteiger partial charge in [-0.3, -0.25) is 4.79 Å². The zero-order valence-corrected chi connectivity index (χ0v) is 6.95. The van der Waals surface area contributed by atoms with E-state index in [1.54, 1.807) is 6.26 Å². The number of carbonyl (C=O) groups is 1. The van der Waals surface area contributed by atoms with Gasteiger partial charge in [0.2, 0.25) is 0 Å². The Hall–Kier alpha value is -1.05. The predicted octanol–water partition coefficient (Wildman–Crippen LogP) is 2.19. The second-order valence-electron chi connectivity index (χ2n) is 3.32. The molecule has 0 radical (unpaired) electrons. The van der Waals surface area contributed by atoms with Crippen LogP contribution < -0.4 is 0 Å². The molecule has 0 spiro atoms. The summed E-state index contributed by atoms with van der Waals surface area (Å²) in [4.78, 5) is 11.3. The third-order valence-corrected chi connectivity index (χ3v) is 2.23. The third kappa shape index (κ3) is 1.76. The highest BCUT2D eigenvalue weighted by Gasteiger charge is 2.28. The number of furan rings is 1. The largest absolute Gasteiger partial charge is 0.469 e. The fourth-order valence-electron chi connectivity index (χ4n) is 1.31. The fraction of sp³-hybridized carbons (Fsp3) is 0.500. The van der Waals surface area contributed by atoms with Gasteiger partial charge in [-0.2, -0.15) is 0 Å². The van der Waals surface area contributed by atoms with E-state index in [0.29, 0.717) is 18.1 Å². The molecule has 2 rings (SSSR count). The summed E-state index contributed by atoms with van der Waals surface area (Å²) in [5.41, 5.74) is 0. The van der Waals surface area contributed by atoms with Crippen LogP contribution in [0.4, 0.5) is 0 Å². The van der Waals surface area contributed by atoms with E-state index in [9.17, 15) is 4.79 Å². The lowest BCUT2D eigenvalue weighted by Crippen LogP contribution is -2.01. The van der Waals surface area contributed by atoms with Gasteiger partial charge in [-0.15, -0.1) is 0 Å². The maximum atomic E-state index is 11.3. The van der Waals surface area contributed by atoms with Crippen LogP contribution in [0.3, 0.4) is 0 Å². The average Bonchev–Trinajstić information content (AvgIpc) is 2.80. The average molecular weight is 164 g/mol. The van der Waals surface area contributed by atoms with Crippen molar-refractivity contribution in [3.05, 3.63) is 24.2 Å². The van der Waals surface area contributed by atoms with Crippen molar-refractivity contribution in [1.82, 2.24) is 0 Å². The molecule has 0 amide bonds. The number of hydrogen-bond acceptors (Lipinski definition) is 2. The Bertz CT molecular complexity index is 257. The maximum Gasteiger partial charge on any atom is 0.136 e. The van der Waals surface area contributed by atoms with Crippen molar-refractivity contribution >= 4 is 5.78 Å². The topological polar surface area (TPSA) is 30.2 Å². The molecule has 1 fully saturated rings. The van der Waals surface area contributed by atoms with Crippen LogP contribution in [0.2, 0.25) is 0 Å². The number of ketones is 1. The van der Waals surface area contributed by atoms with Crippen molar-refractivity contribution in [3.63, 3.8) is 0 Å². The molecule has 0 aromatic carbocycles. The van der Waals surface area contributed by atoms with E-state index in [1.165, 1.54) is 0 Å². The summed E-state index contributed by atoms with van der Waals surface area (Å²) in [6.07, 6.45) is 5.28. The summed E-state index contributed by atoms with van der Waals surface area (Å²) in [5, 5.41) is 0. The van der Waals surface area contributed by atoms with Gasteiger partial charge in [0.1, 0.15) is 11.5 Å². The van der Waals surface area contributed by atoms with E-state index in [1.807, 2.05) is 12.1 Å². The molecule has 0 aliphatic heterocycles. The Labute approximate surface area is 71.6 Å². The lowest BCUT2D eigenvalue weighted by atomic mass is 10.1. The molecule has 1 aliphatic carbocycles. The van der Waals surface area contributed by atoms with Crippen LogP contribution in [0.15, 0.2) is 22.8 Å². The third-order valence-electron chi connectivity index (χ3n) is 2.23. The van der Waals surface area contributed by atoms with Crippen molar-refractivity contribution in [2.45, 2.75) is 25.7 Å². The Kier molecular flexibility index (Phi) is 1.98. The quantitative estimate of drug-likeness (QED) is 0.682. The SMILES string of the molecule is O=C(CCc1ccco1)C1CC1. The van der Waals surface area contributed by atoms with E-state index in [4.69, 9.17) is 4.42 Å². The number of Topliss-reactive ketones (excluding diaryl/α,β-unsaturated/α-hetero) is 1. The van der Waals surface area contributed by atoms with Gasteiger partial charge < -0.3 is 4.42 Å². The summed E-state index contributed by atoms with van der Waals surface area (Å²) in [6, 6.07) is 3.77. The van der Waals surface area contributed by atoms with E-state index < -0.39 is 0 Å². The molecular weight excluding hydrogens is 152 g/mol. The van der Waals surface area contributed by atoms with Crippen LogP contribution in [0.25, 0.3) is 0 Å². The van der Waals surface area contributed by atoms with Crippen LogP contribution in [-0.2, 0) is 11.2 Å². The standard InChI is InChI=1S/C10H12O2/c11-10(8-3-4-8)6-5-9-2-1-7-12-9/h1-2,7-8H,3-6H2. The van der Waals surface area contributed by atoms with Crippen molar-refractivity contribution in [2.75, 3.05) is 0 Å². The molecule has 1 aromatic heterocycles. The zero-order valence-electron chi connectivity index (χ0n) is 6.95. The van der Waals surface area contributed by atoms with Crippen LogP contribution in [0.1, 0.15) is 25.0 Å². The maximum absolute atomic E-state index is 11.3. The van der Waals surface area contributed by atoms with Crippen LogP contribution in [0.5, 0.6) is 0 Å². The number of aryl methyl sites for hydroxylation is 1. The number of carbonyl (C=O) groups excluding carboxylic acids is 1. The van der Waals surface area contributed by atoms with Gasteiger partial charge >= 0.3 is 0 Å². The first-order valence-corrected chi connectivity index (χ1v) is 4.41. The second-order valence-corrected chi connectivity index (χ2v) is 3.32. The van der Waals surface area contributed by atoms with Gasteiger partial charge in [0.05, 0.1) is 6.26 Å². The van der Waals surface area contributed by atoms with E-state index in [2.05, 4.69) is 0 Å². The molecule has 0 N–H and O–H groups in total. The Morgan fingerprint density at radius 1 is 1.58 bits per heavy atom. The number of rotatable bonds is 4. The van der Waals surface area contributed by atoms with Crippen molar-refractivity contribution < 1.29 is 9.21 Å². The van der Waals surface area contributed by atoms with E-state index in [-0.39, 0.29) is 0 Å². The molecule has 1 saturated carbocycles. The highest BCUT2D eigenvalue weighted by molar-refractivity contribution is 5.83. The minimum absolute atomic E-state index is 0.389. The van der Waals surface area contributed by atoms with Gasteiger partial charge in [-0.05, 0) is 25.0 Å². The Morgan fingerprint density at radius 2 is 2.42 bits per heavy atom. The monoisotopic (exact) mass is 164 g/mol. The molecule has 0 atom stereocenters. The minimum Gasteiger partial charge on any atom is -0.469 e. The van der Waals surface area contributed by atoms with Crippen molar-refractivity contribution in [3.8, 4) is 0 Å². The molecule has 64 valence electrons. The first kappa shape index (κ1) is 7.59. The fourth-order valence-corrected chi connectivity index (χ4v) is 1.31. The van der Waals surface area contributed by atoms with E-state index >= 15 is 0 Å². The van der Waals surface area contributed by atoms with Gasteiger partial charge in [-0.25, -0.2) is 0 Å². The van der Waals surface area contributed by atoms with Crippen LogP contribution in [0, 0.1) is 5.92 Å². The molecule has 12 heavy (non-hydrogen) atoms. The molecule has 1 aromatic rings. The smallest absolute Gasteiger partial charge is 0.136 e. The predicted molar refractivity (Wildman–Crippen MR) is 44.8 cm³/mol. The van der Waals surface area contributed by atoms with E-state index in [0.717, 1.165) is 25.0 Å². The zero-order chi connectivity index (χ0) is 8.39. The van der Waals surface area contributed by atoms with Crippen molar-refractivity contribution in [1.29, 1.82) is 0 Å². The van der Waals surface area contributed by atoms with Gasteiger partial charge in [-0.1, -0.05) is 0 Å². The molecule has 0 bridgehead atoms. The molecule has 0 unspecified atom stereocenters. The highest BCUT2D eigenvalue weighted by atomic mass is 16.3. The van der Waals surface area contributed by atoms with Crippen molar-refractivity contribution in [2.24, 2.45) is 5.92 Å². The molecule has 0 saturated heterocycles. The first-order valence-electron chi connectivity index (χ1n) is 4.41. The number of hydrogen-bond donors (Lipinski definition) is 0. The summed E-state index contributed by atoms with van der Waals surface area (Å²) in [5.74, 6) is 1.72. The van der Waals surface area contributed by atoms with Gasteiger partial charge in [0, 0.05) is 18.8 Å². The molecular formula is C10H12O2. The summed E-state index contributed by atoms with van der Waals surface area (Å²) >= 11 is 0. The van der Waals surface area contributed by atoms with Gasteiger partial charge in [0.25, 0.3) is 0 Å². The van der Waals surface area contributed by atoms with Crippen LogP contribution >= 0.6 is 0 Å².